The maximum atomic E-state index is 13.3. The highest BCUT2D eigenvalue weighted by molar-refractivity contribution is 5.97. The molecule has 1 saturated carbocycles. The van der Waals surface area contributed by atoms with Gasteiger partial charge in [0.05, 0.1) is 5.69 Å². The lowest BCUT2D eigenvalue weighted by atomic mass is 10.1. The molecule has 1 aliphatic carbocycles. The highest BCUT2D eigenvalue weighted by atomic mass is 16.6. The molecule has 0 spiro atoms. The van der Waals surface area contributed by atoms with E-state index in [1.54, 1.807) is 22.8 Å². The van der Waals surface area contributed by atoms with Crippen LogP contribution in [0.15, 0.2) is 10.9 Å². The Morgan fingerprint density at radius 1 is 1.20 bits per heavy atom. The second-order valence-corrected chi connectivity index (χ2v) is 12.1. The Bertz CT molecular complexity index is 1410. The van der Waals surface area contributed by atoms with Crippen LogP contribution in [0.5, 0.6) is 5.88 Å². The van der Waals surface area contributed by atoms with E-state index in [4.69, 9.17) is 4.74 Å². The van der Waals surface area contributed by atoms with Crippen LogP contribution in [0.3, 0.4) is 0 Å². The molecule has 2 aliphatic rings. The summed E-state index contributed by atoms with van der Waals surface area (Å²) in [6.45, 7) is 14.3. The van der Waals surface area contributed by atoms with Crippen molar-refractivity contribution in [2.24, 2.45) is 5.92 Å². The molecule has 40 heavy (non-hydrogen) atoms. The second kappa shape index (κ2) is 11.0. The number of carbonyl (C=O) groups is 3. The third-order valence-electron chi connectivity index (χ3n) is 6.86. The number of hydrogen-bond donors (Lipinski definition) is 2. The highest BCUT2D eigenvalue weighted by Crippen LogP contribution is 2.26. The van der Waals surface area contributed by atoms with E-state index < -0.39 is 29.0 Å². The Hall–Kier alpha value is -3.83. The standard InChI is InChI=1S/C28H40N6O6/c1-16(2)14-33-24-20(18(4)30-34(24)26(38)22(25(33)37)23(36)29-19-8-9-19)10-11-21(35)32-13-12-31(15-17(32)3)27(39)40-28(5,6)7/h10-11,16-17,19,37H,8-9,12-15H2,1-7H3,(H,29,36)/b11-10+/t17-/m0/s1. The predicted octanol–water partition coefficient (Wildman–Crippen LogP) is 2.54. The van der Waals surface area contributed by atoms with Gasteiger partial charge in [-0.25, -0.2) is 4.79 Å². The summed E-state index contributed by atoms with van der Waals surface area (Å²) >= 11 is 0. The van der Waals surface area contributed by atoms with E-state index in [0.717, 1.165) is 17.4 Å². The molecule has 12 nitrogen and oxygen atoms in total. The minimum atomic E-state index is -0.716. The largest absolute Gasteiger partial charge is 0.494 e. The number of carbonyl (C=O) groups excluding carboxylic acids is 3. The van der Waals surface area contributed by atoms with Gasteiger partial charge in [0, 0.05) is 49.9 Å². The van der Waals surface area contributed by atoms with Crippen LogP contribution in [-0.4, -0.2) is 84.3 Å². The summed E-state index contributed by atoms with van der Waals surface area (Å²) in [4.78, 5) is 55.1. The van der Waals surface area contributed by atoms with Gasteiger partial charge in [-0.1, -0.05) is 13.8 Å². The number of hydrogen-bond acceptors (Lipinski definition) is 7. The molecule has 2 fully saturated rings. The molecule has 0 radical (unpaired) electrons. The fraction of sp³-hybridized carbons (Fsp3) is 0.607. The van der Waals surface area contributed by atoms with Crippen LogP contribution >= 0.6 is 0 Å². The Kier molecular flexibility index (Phi) is 8.00. The van der Waals surface area contributed by atoms with Crippen molar-refractivity contribution in [3.8, 4) is 5.88 Å². The molecule has 0 unspecified atom stereocenters. The maximum absolute atomic E-state index is 13.3. The maximum Gasteiger partial charge on any atom is 0.410 e. The third kappa shape index (κ3) is 6.15. The van der Waals surface area contributed by atoms with Crippen LogP contribution in [0.25, 0.3) is 11.7 Å². The van der Waals surface area contributed by atoms with E-state index in [2.05, 4.69) is 10.4 Å². The summed E-state index contributed by atoms with van der Waals surface area (Å²) in [6, 6.07) is -0.225. The van der Waals surface area contributed by atoms with Gasteiger partial charge in [-0.2, -0.15) is 9.61 Å². The van der Waals surface area contributed by atoms with Crippen molar-refractivity contribution in [1.29, 1.82) is 0 Å². The van der Waals surface area contributed by atoms with E-state index >= 15 is 0 Å². The fourth-order valence-electron chi connectivity index (χ4n) is 4.81. The average Bonchev–Trinajstić information content (AvgIpc) is 3.59. The molecule has 1 aliphatic heterocycles. The van der Waals surface area contributed by atoms with Gasteiger partial charge in [-0.05, 0) is 59.5 Å². The number of nitrogens with one attached hydrogen (secondary N) is 1. The number of piperazine rings is 1. The normalized spacial score (nSPS) is 18.1. The van der Waals surface area contributed by atoms with Crippen LogP contribution in [0.4, 0.5) is 4.79 Å². The van der Waals surface area contributed by atoms with E-state index in [9.17, 15) is 24.3 Å². The quantitative estimate of drug-likeness (QED) is 0.522. The van der Waals surface area contributed by atoms with Crippen molar-refractivity contribution in [3.63, 3.8) is 0 Å². The zero-order valence-electron chi connectivity index (χ0n) is 24.4. The number of nitrogens with zero attached hydrogens (tertiary/aromatic N) is 5. The summed E-state index contributed by atoms with van der Waals surface area (Å²) in [5, 5.41) is 18.3. The number of rotatable bonds is 6. The molecule has 3 amide bonds. The number of fused-ring (bicyclic) bond motifs is 1. The number of ether oxygens (including phenoxy) is 1. The number of aromatic hydroxyl groups is 1. The Balaban J connectivity index is 1.62. The van der Waals surface area contributed by atoms with Crippen LogP contribution in [0.1, 0.15) is 76.0 Å². The Morgan fingerprint density at radius 2 is 1.88 bits per heavy atom. The minimum Gasteiger partial charge on any atom is -0.494 e. The predicted molar refractivity (Wildman–Crippen MR) is 149 cm³/mol. The fourth-order valence-corrected chi connectivity index (χ4v) is 4.81. The van der Waals surface area contributed by atoms with Crippen molar-refractivity contribution in [1.82, 2.24) is 29.3 Å². The summed E-state index contributed by atoms with van der Waals surface area (Å²) in [6.07, 6.45) is 4.28. The molecule has 3 heterocycles. The molecule has 0 bridgehead atoms. The van der Waals surface area contributed by atoms with Crippen molar-refractivity contribution in [2.75, 3.05) is 19.6 Å². The van der Waals surface area contributed by atoms with E-state index in [0.29, 0.717) is 43.1 Å². The van der Waals surface area contributed by atoms with Gasteiger partial charge in [-0.3, -0.25) is 19.0 Å². The van der Waals surface area contributed by atoms with Gasteiger partial charge in [0.2, 0.25) is 11.8 Å². The lowest BCUT2D eigenvalue weighted by Crippen LogP contribution is -2.55. The van der Waals surface area contributed by atoms with E-state index in [1.165, 1.54) is 10.6 Å². The van der Waals surface area contributed by atoms with Crippen LogP contribution in [0, 0.1) is 12.8 Å². The van der Waals surface area contributed by atoms with Gasteiger partial charge in [-0.15, -0.1) is 0 Å². The molecule has 2 aromatic rings. The molecule has 218 valence electrons. The second-order valence-electron chi connectivity index (χ2n) is 12.1. The van der Waals surface area contributed by atoms with Gasteiger partial charge >= 0.3 is 6.09 Å². The zero-order chi connectivity index (χ0) is 29.5. The van der Waals surface area contributed by atoms with Crippen molar-refractivity contribution < 1.29 is 24.2 Å². The Labute approximate surface area is 233 Å². The summed E-state index contributed by atoms with van der Waals surface area (Å²) in [5.41, 5.74) is -0.383. The summed E-state index contributed by atoms with van der Waals surface area (Å²) < 4.78 is 8.11. The third-order valence-corrected chi connectivity index (χ3v) is 6.86. The van der Waals surface area contributed by atoms with E-state index in [1.807, 2.05) is 41.5 Å². The minimum absolute atomic E-state index is 0.0119. The zero-order valence-corrected chi connectivity index (χ0v) is 24.4. The molecular formula is C28H40N6O6. The number of aryl methyl sites for hydroxylation is 1. The van der Waals surface area contributed by atoms with Crippen molar-refractivity contribution in [3.05, 3.63) is 33.3 Å². The van der Waals surface area contributed by atoms with Gasteiger partial charge in [0.1, 0.15) is 11.2 Å². The topological polar surface area (TPSA) is 138 Å². The van der Waals surface area contributed by atoms with Gasteiger partial charge in [0.25, 0.3) is 11.5 Å². The highest BCUT2D eigenvalue weighted by Gasteiger charge is 2.32. The molecule has 1 saturated heterocycles. The smallest absolute Gasteiger partial charge is 0.410 e. The lowest BCUT2D eigenvalue weighted by molar-refractivity contribution is -0.130. The molecule has 12 heteroatoms. The van der Waals surface area contributed by atoms with Crippen LogP contribution in [0.2, 0.25) is 0 Å². The molecule has 2 aromatic heterocycles. The first-order chi connectivity index (χ1) is 18.7. The van der Waals surface area contributed by atoms with Crippen LogP contribution in [-0.2, 0) is 16.1 Å². The lowest BCUT2D eigenvalue weighted by Gasteiger charge is -2.39. The first-order valence-electron chi connectivity index (χ1n) is 13.8. The van der Waals surface area contributed by atoms with Crippen LogP contribution < -0.4 is 10.9 Å². The van der Waals surface area contributed by atoms with Crippen molar-refractivity contribution in [2.45, 2.75) is 85.5 Å². The number of aromatic nitrogens is 3. The van der Waals surface area contributed by atoms with Gasteiger partial charge in [0.15, 0.2) is 5.56 Å². The molecule has 2 N–H and O–H groups in total. The molecule has 0 aromatic carbocycles. The molecule has 4 rings (SSSR count). The average molecular weight is 557 g/mol. The first-order valence-corrected chi connectivity index (χ1v) is 13.8. The SMILES string of the molecule is Cc1nn2c(=O)c(C(=O)NC3CC3)c(O)n(CC(C)C)c2c1/C=C/C(=O)N1CCN(C(=O)OC(C)(C)C)C[C@@H]1C. The summed E-state index contributed by atoms with van der Waals surface area (Å²) in [5.74, 6) is -1.22. The summed E-state index contributed by atoms with van der Waals surface area (Å²) in [7, 11) is 0. The van der Waals surface area contributed by atoms with E-state index in [-0.39, 0.29) is 29.5 Å². The monoisotopic (exact) mass is 556 g/mol. The Morgan fingerprint density at radius 3 is 2.45 bits per heavy atom. The molecular weight excluding hydrogens is 516 g/mol. The van der Waals surface area contributed by atoms with Crippen molar-refractivity contribution >= 4 is 29.6 Å². The first kappa shape index (κ1) is 29.2. The molecule has 1 atom stereocenters. The van der Waals surface area contributed by atoms with Gasteiger partial charge < -0.3 is 25.0 Å². The number of amides is 3.